The second-order valence-corrected chi connectivity index (χ2v) is 5.69. The molecule has 1 aromatic heterocycles. The van der Waals surface area contributed by atoms with Crippen LogP contribution in [0.3, 0.4) is 0 Å². The maximum absolute atomic E-state index is 12.4. The van der Waals surface area contributed by atoms with E-state index in [2.05, 4.69) is 22.1 Å². The molecule has 2 aliphatic rings. The fourth-order valence-electron chi connectivity index (χ4n) is 2.83. The fourth-order valence-corrected chi connectivity index (χ4v) is 2.83. The minimum Gasteiger partial charge on any atom is -0.295 e. The van der Waals surface area contributed by atoms with Gasteiger partial charge in [-0.25, -0.2) is 4.98 Å². The number of aromatic nitrogens is 1. The summed E-state index contributed by atoms with van der Waals surface area (Å²) < 4.78 is 0. The van der Waals surface area contributed by atoms with Crippen LogP contribution in [0, 0.1) is 17.8 Å². The first-order valence-corrected chi connectivity index (χ1v) is 7.66. The monoisotopic (exact) mass is 325 g/mol. The van der Waals surface area contributed by atoms with Gasteiger partial charge in [-0.1, -0.05) is 12.0 Å². The lowest BCUT2D eigenvalue weighted by molar-refractivity contribution is -0.151. The quantitative estimate of drug-likeness (QED) is 0.610. The molecule has 2 fully saturated rings. The SMILES string of the molecule is O=C1CCC(N2C(=O)CC(CC#Cc3ccccn3)C2=O)C(=O)N1. The average Bonchev–Trinajstić information content (AvgIpc) is 2.83. The molecule has 3 rings (SSSR count). The Hall–Kier alpha value is -3.01. The number of carbonyl (C=O) groups is 4. The molecule has 0 spiro atoms. The van der Waals surface area contributed by atoms with Gasteiger partial charge in [0.15, 0.2) is 0 Å². The molecule has 1 N–H and O–H groups in total. The average molecular weight is 325 g/mol. The first-order chi connectivity index (χ1) is 11.6. The zero-order valence-corrected chi connectivity index (χ0v) is 12.8. The topological polar surface area (TPSA) is 96.4 Å². The first kappa shape index (κ1) is 15.9. The zero-order valence-electron chi connectivity index (χ0n) is 12.8. The Bertz CT molecular complexity index is 763. The molecule has 2 saturated heterocycles. The van der Waals surface area contributed by atoms with Crippen molar-refractivity contribution in [2.45, 2.75) is 31.7 Å². The van der Waals surface area contributed by atoms with Crippen LogP contribution in [0.1, 0.15) is 31.4 Å². The van der Waals surface area contributed by atoms with Crippen molar-refractivity contribution in [1.29, 1.82) is 0 Å². The molecular formula is C17H15N3O4. The number of rotatable bonds is 2. The Morgan fingerprint density at radius 3 is 2.79 bits per heavy atom. The van der Waals surface area contributed by atoms with Crippen molar-refractivity contribution in [2.75, 3.05) is 0 Å². The second-order valence-electron chi connectivity index (χ2n) is 5.69. The number of piperidine rings is 1. The lowest BCUT2D eigenvalue weighted by Gasteiger charge is -2.28. The Kier molecular flexibility index (Phi) is 4.38. The number of nitrogens with one attached hydrogen (secondary N) is 1. The molecule has 0 saturated carbocycles. The van der Waals surface area contributed by atoms with Gasteiger partial charge in [0.1, 0.15) is 11.7 Å². The number of hydrogen-bond donors (Lipinski definition) is 1. The summed E-state index contributed by atoms with van der Waals surface area (Å²) in [4.78, 5) is 52.7. The molecule has 0 radical (unpaired) electrons. The molecule has 2 unspecified atom stereocenters. The maximum atomic E-state index is 12.4. The highest BCUT2D eigenvalue weighted by Gasteiger charge is 2.45. The van der Waals surface area contributed by atoms with E-state index in [9.17, 15) is 19.2 Å². The van der Waals surface area contributed by atoms with Gasteiger partial charge in [-0.05, 0) is 24.5 Å². The Balaban J connectivity index is 1.67. The van der Waals surface area contributed by atoms with Crippen LogP contribution in [0.15, 0.2) is 24.4 Å². The van der Waals surface area contributed by atoms with Gasteiger partial charge in [0.05, 0.1) is 5.92 Å². The van der Waals surface area contributed by atoms with E-state index in [1.54, 1.807) is 18.3 Å². The largest absolute Gasteiger partial charge is 0.295 e. The third-order valence-corrected chi connectivity index (χ3v) is 4.03. The van der Waals surface area contributed by atoms with Crippen LogP contribution >= 0.6 is 0 Å². The second kappa shape index (κ2) is 6.62. The van der Waals surface area contributed by atoms with Crippen molar-refractivity contribution >= 4 is 23.6 Å². The normalized spacial score (nSPS) is 23.8. The van der Waals surface area contributed by atoms with E-state index in [1.807, 2.05) is 6.07 Å². The van der Waals surface area contributed by atoms with E-state index < -0.39 is 23.8 Å². The molecule has 0 aliphatic carbocycles. The van der Waals surface area contributed by atoms with Crippen LogP contribution in [-0.2, 0) is 19.2 Å². The molecule has 2 atom stereocenters. The highest BCUT2D eigenvalue weighted by atomic mass is 16.2. The van der Waals surface area contributed by atoms with Gasteiger partial charge >= 0.3 is 0 Å². The van der Waals surface area contributed by atoms with Crippen LogP contribution in [0.25, 0.3) is 0 Å². The number of amides is 4. The van der Waals surface area contributed by atoms with Crippen LogP contribution in [0.2, 0.25) is 0 Å². The van der Waals surface area contributed by atoms with Gasteiger partial charge in [0.25, 0.3) is 0 Å². The minimum absolute atomic E-state index is 0.0352. The smallest absolute Gasteiger partial charge is 0.249 e. The molecule has 1 aromatic rings. The Labute approximate surface area is 138 Å². The van der Waals surface area contributed by atoms with Crippen molar-refractivity contribution in [1.82, 2.24) is 15.2 Å². The van der Waals surface area contributed by atoms with E-state index in [0.29, 0.717) is 5.69 Å². The summed E-state index contributed by atoms with van der Waals surface area (Å²) in [6, 6.07) is 4.45. The molecule has 4 amide bonds. The minimum atomic E-state index is -0.892. The number of hydrogen-bond acceptors (Lipinski definition) is 5. The molecular weight excluding hydrogens is 310 g/mol. The van der Waals surface area contributed by atoms with Crippen LogP contribution in [0.4, 0.5) is 0 Å². The Morgan fingerprint density at radius 1 is 1.25 bits per heavy atom. The first-order valence-electron chi connectivity index (χ1n) is 7.66. The molecule has 0 aromatic carbocycles. The van der Waals surface area contributed by atoms with E-state index in [-0.39, 0.29) is 37.5 Å². The van der Waals surface area contributed by atoms with E-state index >= 15 is 0 Å². The van der Waals surface area contributed by atoms with Crippen molar-refractivity contribution in [2.24, 2.45) is 5.92 Å². The zero-order chi connectivity index (χ0) is 17.1. The number of carbonyl (C=O) groups excluding carboxylic acids is 4. The molecule has 2 aliphatic heterocycles. The summed E-state index contributed by atoms with van der Waals surface area (Å²) in [5.41, 5.74) is 0.594. The predicted octanol–water partition coefficient (Wildman–Crippen LogP) is 0.00350. The van der Waals surface area contributed by atoms with E-state index in [0.717, 1.165) is 4.90 Å². The lowest BCUT2D eigenvalue weighted by atomic mass is 10.0. The highest BCUT2D eigenvalue weighted by molar-refractivity contribution is 6.09. The third kappa shape index (κ3) is 3.18. The number of imide groups is 2. The van der Waals surface area contributed by atoms with Gasteiger partial charge in [-0.2, -0.15) is 0 Å². The number of pyridine rings is 1. The molecule has 122 valence electrons. The van der Waals surface area contributed by atoms with Gasteiger partial charge in [-0.3, -0.25) is 29.4 Å². The van der Waals surface area contributed by atoms with Gasteiger partial charge in [-0.15, -0.1) is 0 Å². The summed E-state index contributed by atoms with van der Waals surface area (Å²) in [6.45, 7) is 0. The number of nitrogens with zero attached hydrogens (tertiary/aromatic N) is 2. The van der Waals surface area contributed by atoms with E-state index in [1.165, 1.54) is 0 Å². The van der Waals surface area contributed by atoms with Crippen LogP contribution in [0.5, 0.6) is 0 Å². The highest BCUT2D eigenvalue weighted by Crippen LogP contribution is 2.27. The summed E-state index contributed by atoms with van der Waals surface area (Å²) in [5.74, 6) is 3.40. The fraction of sp³-hybridized carbons (Fsp3) is 0.353. The Morgan fingerprint density at radius 2 is 2.08 bits per heavy atom. The van der Waals surface area contributed by atoms with Gasteiger partial charge in [0.2, 0.25) is 23.6 Å². The van der Waals surface area contributed by atoms with Gasteiger partial charge in [0, 0.05) is 25.5 Å². The lowest BCUT2D eigenvalue weighted by Crippen LogP contribution is -2.54. The molecule has 7 nitrogen and oxygen atoms in total. The predicted molar refractivity (Wildman–Crippen MR) is 81.9 cm³/mol. The summed E-state index contributed by atoms with van der Waals surface area (Å²) in [7, 11) is 0. The standard InChI is InChI=1S/C17H15N3O4/c21-14-8-7-13(16(23)19-14)20-15(22)10-11(17(20)24)4-3-6-12-5-1-2-9-18-12/h1-2,5,9,11,13H,4,7-8,10H2,(H,19,21,23). The number of likely N-dealkylation sites (tertiary alicyclic amines) is 1. The summed E-state index contributed by atoms with van der Waals surface area (Å²) >= 11 is 0. The van der Waals surface area contributed by atoms with Crippen molar-refractivity contribution in [3.8, 4) is 11.8 Å². The third-order valence-electron chi connectivity index (χ3n) is 4.03. The maximum Gasteiger partial charge on any atom is 0.249 e. The van der Waals surface area contributed by atoms with Gasteiger partial charge < -0.3 is 0 Å². The van der Waals surface area contributed by atoms with Crippen molar-refractivity contribution in [3.63, 3.8) is 0 Å². The molecule has 7 heteroatoms. The van der Waals surface area contributed by atoms with Crippen molar-refractivity contribution in [3.05, 3.63) is 30.1 Å². The molecule has 0 bridgehead atoms. The molecule has 24 heavy (non-hydrogen) atoms. The van der Waals surface area contributed by atoms with Crippen molar-refractivity contribution < 1.29 is 19.2 Å². The summed E-state index contributed by atoms with van der Waals surface area (Å²) in [6.07, 6.45) is 2.18. The van der Waals surface area contributed by atoms with E-state index in [4.69, 9.17) is 0 Å². The van der Waals surface area contributed by atoms with Crippen LogP contribution in [-0.4, -0.2) is 39.6 Å². The summed E-state index contributed by atoms with van der Waals surface area (Å²) in [5, 5.41) is 2.17. The molecule has 3 heterocycles. The van der Waals surface area contributed by atoms with Crippen LogP contribution < -0.4 is 5.32 Å².